The van der Waals surface area contributed by atoms with Crippen molar-refractivity contribution in [2.24, 2.45) is 5.92 Å². The van der Waals surface area contributed by atoms with Gasteiger partial charge in [-0.2, -0.15) is 0 Å². The average molecular weight is 214 g/mol. The third-order valence-electron chi connectivity index (χ3n) is 2.76. The van der Waals surface area contributed by atoms with Crippen LogP contribution in [0, 0.1) is 5.92 Å². The topological polar surface area (TPSA) is 9.23 Å². The number of allylic oxidation sites excluding steroid dienone is 3. The van der Waals surface area contributed by atoms with Crippen molar-refractivity contribution < 1.29 is 4.74 Å². The smallest absolute Gasteiger partial charge is 0.115 e. The summed E-state index contributed by atoms with van der Waals surface area (Å²) in [6.07, 6.45) is 5.47. The van der Waals surface area contributed by atoms with E-state index in [-0.39, 0.29) is 0 Å². The van der Waals surface area contributed by atoms with Crippen LogP contribution in [-0.4, -0.2) is 6.61 Å². The van der Waals surface area contributed by atoms with E-state index in [0.717, 1.165) is 18.8 Å². The summed E-state index contributed by atoms with van der Waals surface area (Å²) in [5.41, 5.74) is 2.68. The third kappa shape index (κ3) is 2.54. The highest BCUT2D eigenvalue weighted by Crippen LogP contribution is 2.29. The van der Waals surface area contributed by atoms with Crippen LogP contribution >= 0.6 is 0 Å². The minimum atomic E-state index is 0.557. The van der Waals surface area contributed by atoms with Gasteiger partial charge in [0, 0.05) is 0 Å². The van der Waals surface area contributed by atoms with E-state index in [1.165, 1.54) is 11.1 Å². The van der Waals surface area contributed by atoms with Gasteiger partial charge in [0.1, 0.15) is 5.76 Å². The van der Waals surface area contributed by atoms with Crippen molar-refractivity contribution in [2.45, 2.75) is 20.3 Å². The highest BCUT2D eigenvalue weighted by atomic mass is 16.5. The molecular weight excluding hydrogens is 196 g/mol. The van der Waals surface area contributed by atoms with Gasteiger partial charge in [0.15, 0.2) is 0 Å². The Hall–Kier alpha value is -1.50. The molecule has 0 unspecified atom stereocenters. The van der Waals surface area contributed by atoms with Crippen LogP contribution in [-0.2, 0) is 4.74 Å². The summed E-state index contributed by atoms with van der Waals surface area (Å²) in [5.74, 6) is 1.57. The molecule has 1 nitrogen and oxygen atoms in total. The van der Waals surface area contributed by atoms with Crippen LogP contribution in [0.25, 0.3) is 5.57 Å². The van der Waals surface area contributed by atoms with Crippen molar-refractivity contribution in [1.29, 1.82) is 0 Å². The molecule has 1 aliphatic carbocycles. The van der Waals surface area contributed by atoms with Gasteiger partial charge in [0.25, 0.3) is 0 Å². The second kappa shape index (κ2) is 5.02. The van der Waals surface area contributed by atoms with Gasteiger partial charge in [0.2, 0.25) is 0 Å². The minimum absolute atomic E-state index is 0.557. The molecule has 1 atom stereocenters. The van der Waals surface area contributed by atoms with Gasteiger partial charge in [-0.25, -0.2) is 0 Å². The Morgan fingerprint density at radius 3 is 2.69 bits per heavy atom. The lowest BCUT2D eigenvalue weighted by molar-refractivity contribution is 0.238. The van der Waals surface area contributed by atoms with E-state index >= 15 is 0 Å². The second-order valence-corrected chi connectivity index (χ2v) is 4.22. The lowest BCUT2D eigenvalue weighted by Gasteiger charge is -2.19. The SMILES string of the molecule is CCOC1=C[C@H](C)CC(c2ccccc2)=C1. The molecule has 0 radical (unpaired) electrons. The number of hydrogen-bond acceptors (Lipinski definition) is 1. The molecule has 0 bridgehead atoms. The normalized spacial score (nSPS) is 20.0. The molecule has 1 heteroatoms. The van der Waals surface area contributed by atoms with Crippen molar-refractivity contribution in [1.82, 2.24) is 0 Å². The number of benzene rings is 1. The molecule has 0 aromatic heterocycles. The summed E-state index contributed by atoms with van der Waals surface area (Å²) >= 11 is 0. The standard InChI is InChI=1S/C15H18O/c1-3-16-15-10-12(2)9-14(11-15)13-7-5-4-6-8-13/h4-8,10-12H,3,9H2,1-2H3/t12-/m1/s1. The van der Waals surface area contributed by atoms with Crippen molar-refractivity contribution in [3.8, 4) is 0 Å². The van der Waals surface area contributed by atoms with Crippen LogP contribution in [0.5, 0.6) is 0 Å². The maximum atomic E-state index is 5.59. The van der Waals surface area contributed by atoms with Gasteiger partial charge in [-0.3, -0.25) is 0 Å². The van der Waals surface area contributed by atoms with Crippen LogP contribution in [0.15, 0.2) is 48.2 Å². The molecule has 1 aliphatic rings. The van der Waals surface area contributed by atoms with Gasteiger partial charge in [-0.1, -0.05) is 37.3 Å². The summed E-state index contributed by atoms with van der Waals surface area (Å²) in [6.45, 7) is 4.99. The third-order valence-corrected chi connectivity index (χ3v) is 2.76. The monoisotopic (exact) mass is 214 g/mol. The van der Waals surface area contributed by atoms with E-state index in [9.17, 15) is 0 Å². The summed E-state index contributed by atoms with van der Waals surface area (Å²) in [4.78, 5) is 0. The number of ether oxygens (including phenoxy) is 1. The molecule has 0 saturated carbocycles. The predicted octanol–water partition coefficient (Wildman–Crippen LogP) is 4.03. The molecule has 0 N–H and O–H groups in total. The van der Waals surface area contributed by atoms with E-state index in [1.807, 2.05) is 6.92 Å². The van der Waals surface area contributed by atoms with Crippen LogP contribution in [0.1, 0.15) is 25.8 Å². The van der Waals surface area contributed by atoms with E-state index in [1.54, 1.807) is 0 Å². The molecule has 2 rings (SSSR count). The molecule has 0 aliphatic heterocycles. The number of hydrogen-bond donors (Lipinski definition) is 0. The Labute approximate surface area is 97.4 Å². The van der Waals surface area contributed by atoms with E-state index < -0.39 is 0 Å². The van der Waals surface area contributed by atoms with Gasteiger partial charge >= 0.3 is 0 Å². The van der Waals surface area contributed by atoms with Gasteiger partial charge in [-0.15, -0.1) is 0 Å². The van der Waals surface area contributed by atoms with Crippen molar-refractivity contribution in [2.75, 3.05) is 6.61 Å². The maximum Gasteiger partial charge on any atom is 0.115 e. The summed E-state index contributed by atoms with van der Waals surface area (Å²) in [6, 6.07) is 10.5. The van der Waals surface area contributed by atoms with Crippen LogP contribution < -0.4 is 0 Å². The number of rotatable bonds is 3. The van der Waals surface area contributed by atoms with E-state index in [0.29, 0.717) is 5.92 Å². The summed E-state index contributed by atoms with van der Waals surface area (Å²) in [7, 11) is 0. The van der Waals surface area contributed by atoms with E-state index in [2.05, 4.69) is 49.4 Å². The second-order valence-electron chi connectivity index (χ2n) is 4.22. The van der Waals surface area contributed by atoms with Crippen LogP contribution in [0.2, 0.25) is 0 Å². The molecule has 0 saturated heterocycles. The average Bonchev–Trinajstić information content (AvgIpc) is 2.30. The Morgan fingerprint density at radius 2 is 2.00 bits per heavy atom. The first-order valence-corrected chi connectivity index (χ1v) is 5.90. The van der Waals surface area contributed by atoms with Gasteiger partial charge in [0.05, 0.1) is 6.61 Å². The fraction of sp³-hybridized carbons (Fsp3) is 0.333. The molecule has 0 amide bonds. The minimum Gasteiger partial charge on any atom is -0.494 e. The zero-order chi connectivity index (χ0) is 11.4. The largest absolute Gasteiger partial charge is 0.494 e. The predicted molar refractivity (Wildman–Crippen MR) is 67.9 cm³/mol. The fourth-order valence-electron chi connectivity index (χ4n) is 2.07. The van der Waals surface area contributed by atoms with Gasteiger partial charge < -0.3 is 4.74 Å². The Bertz CT molecular complexity index is 401. The van der Waals surface area contributed by atoms with Crippen LogP contribution in [0.3, 0.4) is 0 Å². The molecule has 0 heterocycles. The highest BCUT2D eigenvalue weighted by Gasteiger charge is 2.13. The van der Waals surface area contributed by atoms with Crippen molar-refractivity contribution >= 4 is 5.57 Å². The summed E-state index contributed by atoms with van der Waals surface area (Å²) in [5, 5.41) is 0. The van der Waals surface area contributed by atoms with Gasteiger partial charge in [-0.05, 0) is 42.6 Å². The zero-order valence-corrected chi connectivity index (χ0v) is 9.94. The molecule has 1 aromatic rings. The first-order valence-electron chi connectivity index (χ1n) is 5.90. The summed E-state index contributed by atoms with van der Waals surface area (Å²) < 4.78 is 5.59. The maximum absolute atomic E-state index is 5.59. The molecular formula is C15H18O. The first kappa shape index (κ1) is 11.0. The lowest BCUT2D eigenvalue weighted by atomic mass is 9.90. The Balaban J connectivity index is 2.25. The molecule has 84 valence electrons. The molecule has 0 spiro atoms. The Kier molecular flexibility index (Phi) is 3.45. The fourth-order valence-corrected chi connectivity index (χ4v) is 2.07. The van der Waals surface area contributed by atoms with Crippen LogP contribution in [0.4, 0.5) is 0 Å². The van der Waals surface area contributed by atoms with Crippen molar-refractivity contribution in [3.05, 3.63) is 53.8 Å². The lowest BCUT2D eigenvalue weighted by Crippen LogP contribution is -2.03. The highest BCUT2D eigenvalue weighted by molar-refractivity contribution is 5.69. The molecule has 16 heavy (non-hydrogen) atoms. The Morgan fingerprint density at radius 1 is 1.25 bits per heavy atom. The first-order chi connectivity index (χ1) is 7.79. The molecule has 1 aromatic carbocycles. The quantitative estimate of drug-likeness (QED) is 0.738. The van der Waals surface area contributed by atoms with E-state index in [4.69, 9.17) is 4.74 Å². The van der Waals surface area contributed by atoms with Crippen molar-refractivity contribution in [3.63, 3.8) is 0 Å². The molecule has 0 fully saturated rings. The zero-order valence-electron chi connectivity index (χ0n) is 9.94.